The third-order valence-electron chi connectivity index (χ3n) is 5.96. The molecule has 0 bridgehead atoms. The summed E-state index contributed by atoms with van der Waals surface area (Å²) in [5.74, 6) is -0.0642. The van der Waals surface area contributed by atoms with Crippen molar-refractivity contribution in [3.8, 4) is 0 Å². The Hall–Kier alpha value is -0.176. The maximum absolute atomic E-state index is 12.1. The molecular weight excluding hydrogens is 370 g/mol. The summed E-state index contributed by atoms with van der Waals surface area (Å²) in [6.45, 7) is 26.1. The summed E-state index contributed by atoms with van der Waals surface area (Å²) in [7, 11) is -3.33. The third-order valence-corrected chi connectivity index (χ3v) is 15.7. The van der Waals surface area contributed by atoms with E-state index in [0.29, 0.717) is 29.7 Å². The van der Waals surface area contributed by atoms with Crippen LogP contribution in [-0.4, -0.2) is 53.4 Å². The van der Waals surface area contributed by atoms with Crippen LogP contribution in [0.4, 0.5) is 0 Å². The van der Waals surface area contributed by atoms with E-state index >= 15 is 0 Å². The quantitative estimate of drug-likeness (QED) is 0.255. The largest absolute Gasteiger partial charge is 0.466 e. The molecule has 0 aromatic heterocycles. The summed E-state index contributed by atoms with van der Waals surface area (Å²) in [6.07, 6.45) is 1.66. The number of hydrogen-bond acceptors (Lipinski definition) is 4. The minimum atomic E-state index is -1.76. The fraction of sp³-hybridized carbons (Fsp3) is 0.952. The van der Waals surface area contributed by atoms with Gasteiger partial charge in [0.15, 0.2) is 8.32 Å². The molecule has 0 aliphatic heterocycles. The van der Waals surface area contributed by atoms with Crippen LogP contribution in [0.2, 0.25) is 35.8 Å². The molecule has 0 atom stereocenters. The minimum Gasteiger partial charge on any atom is -0.466 e. The molecule has 0 spiro atoms. The number of hydrogen-bond donors (Lipinski definition) is 0. The number of esters is 1. The number of rotatable bonds is 14. The van der Waals surface area contributed by atoms with Gasteiger partial charge in [0.25, 0.3) is 0 Å². The average Bonchev–Trinajstić information content (AvgIpc) is 2.51. The van der Waals surface area contributed by atoms with Crippen LogP contribution in [0, 0.1) is 0 Å². The Morgan fingerprint density at radius 3 is 1.81 bits per heavy atom. The second-order valence-corrected chi connectivity index (χ2v) is 19.4. The molecule has 27 heavy (non-hydrogen) atoms. The summed E-state index contributed by atoms with van der Waals surface area (Å²) >= 11 is 0. The molecule has 6 heteroatoms. The number of carbonyl (C=O) groups excluding carboxylic acids is 1. The van der Waals surface area contributed by atoms with Crippen molar-refractivity contribution in [3.63, 3.8) is 0 Å². The number of carbonyl (C=O) groups is 1. The molecule has 0 N–H and O–H groups in total. The first kappa shape index (κ1) is 26.8. The standard InChI is InChI=1S/C21H47NO3Si2/c1-11-24-21(23)14-16-22(15-13-17-26(9,10)25-12-2)27(18(3)4,19(5)6)20(7)8/h18-20H,11-17H2,1-10H3. The van der Waals surface area contributed by atoms with Crippen molar-refractivity contribution in [1.82, 2.24) is 4.57 Å². The monoisotopic (exact) mass is 417 g/mol. The zero-order chi connectivity index (χ0) is 21.3. The fourth-order valence-electron chi connectivity index (χ4n) is 5.21. The lowest BCUT2D eigenvalue weighted by Crippen LogP contribution is -2.61. The van der Waals surface area contributed by atoms with Crippen LogP contribution in [0.1, 0.15) is 68.2 Å². The molecule has 0 aromatic carbocycles. The van der Waals surface area contributed by atoms with Crippen molar-refractivity contribution < 1.29 is 14.0 Å². The summed E-state index contributed by atoms with van der Waals surface area (Å²) in [5.41, 5.74) is 1.95. The van der Waals surface area contributed by atoms with Gasteiger partial charge >= 0.3 is 5.97 Å². The Bertz CT molecular complexity index is 404. The summed E-state index contributed by atoms with van der Waals surface area (Å²) < 4.78 is 14.0. The predicted molar refractivity (Wildman–Crippen MR) is 122 cm³/mol. The van der Waals surface area contributed by atoms with E-state index in [2.05, 4.69) is 66.1 Å². The van der Waals surface area contributed by atoms with Crippen molar-refractivity contribution in [3.05, 3.63) is 0 Å². The lowest BCUT2D eigenvalue weighted by molar-refractivity contribution is -0.143. The highest BCUT2D eigenvalue weighted by atomic mass is 28.4. The first-order chi connectivity index (χ1) is 12.5. The Balaban J connectivity index is 5.44. The zero-order valence-electron chi connectivity index (χ0n) is 19.9. The van der Waals surface area contributed by atoms with Gasteiger partial charge in [-0.15, -0.1) is 0 Å². The van der Waals surface area contributed by atoms with E-state index in [4.69, 9.17) is 9.16 Å². The van der Waals surface area contributed by atoms with Gasteiger partial charge in [0.2, 0.25) is 0 Å². The number of ether oxygens (including phenoxy) is 1. The smallest absolute Gasteiger partial charge is 0.307 e. The lowest BCUT2D eigenvalue weighted by atomic mass is 10.4. The predicted octanol–water partition coefficient (Wildman–Crippen LogP) is 6.05. The zero-order valence-corrected chi connectivity index (χ0v) is 21.9. The highest BCUT2D eigenvalue weighted by Crippen LogP contribution is 2.44. The third kappa shape index (κ3) is 7.99. The molecule has 0 saturated carbocycles. The molecule has 0 rings (SSSR count). The first-order valence-electron chi connectivity index (χ1n) is 11.0. The fourth-order valence-corrected chi connectivity index (χ4v) is 14.4. The van der Waals surface area contributed by atoms with Gasteiger partial charge < -0.3 is 13.7 Å². The average molecular weight is 418 g/mol. The molecule has 0 heterocycles. The van der Waals surface area contributed by atoms with Crippen LogP contribution in [-0.2, 0) is 14.0 Å². The van der Waals surface area contributed by atoms with E-state index in [1.54, 1.807) is 0 Å². The van der Waals surface area contributed by atoms with E-state index in [0.717, 1.165) is 26.1 Å². The van der Waals surface area contributed by atoms with Crippen LogP contribution in [0.3, 0.4) is 0 Å². The summed E-state index contributed by atoms with van der Waals surface area (Å²) in [6, 6.07) is 1.18. The molecule has 0 aliphatic rings. The minimum absolute atomic E-state index is 0.0642. The highest BCUT2D eigenvalue weighted by molar-refractivity contribution is 6.81. The van der Waals surface area contributed by atoms with Crippen molar-refractivity contribution >= 4 is 22.5 Å². The molecule has 0 aliphatic carbocycles. The van der Waals surface area contributed by atoms with Crippen LogP contribution < -0.4 is 0 Å². The number of nitrogens with zero attached hydrogens (tertiary/aromatic N) is 1. The van der Waals surface area contributed by atoms with Gasteiger partial charge in [-0.3, -0.25) is 4.79 Å². The van der Waals surface area contributed by atoms with Gasteiger partial charge in [-0.1, -0.05) is 41.5 Å². The van der Waals surface area contributed by atoms with E-state index in [-0.39, 0.29) is 5.97 Å². The van der Waals surface area contributed by atoms with Gasteiger partial charge in [0.05, 0.1) is 13.0 Å². The molecular formula is C21H47NO3Si2. The van der Waals surface area contributed by atoms with Crippen molar-refractivity contribution in [2.24, 2.45) is 0 Å². The van der Waals surface area contributed by atoms with Gasteiger partial charge in [-0.2, -0.15) is 0 Å². The van der Waals surface area contributed by atoms with Crippen LogP contribution in [0.15, 0.2) is 0 Å². The molecule has 4 nitrogen and oxygen atoms in total. The van der Waals surface area contributed by atoms with Crippen molar-refractivity contribution in [1.29, 1.82) is 0 Å². The van der Waals surface area contributed by atoms with Crippen LogP contribution >= 0.6 is 0 Å². The molecule has 0 aromatic rings. The first-order valence-corrected chi connectivity index (χ1v) is 16.3. The molecule has 0 saturated heterocycles. The molecule has 0 amide bonds. The maximum Gasteiger partial charge on any atom is 0.307 e. The van der Waals surface area contributed by atoms with Crippen LogP contribution in [0.5, 0.6) is 0 Å². The van der Waals surface area contributed by atoms with Crippen LogP contribution in [0.25, 0.3) is 0 Å². The van der Waals surface area contributed by atoms with Crippen molar-refractivity contribution in [2.45, 2.75) is 104 Å². The molecule has 0 fully saturated rings. The highest BCUT2D eigenvalue weighted by Gasteiger charge is 2.47. The molecule has 0 unspecified atom stereocenters. The van der Waals surface area contributed by atoms with Gasteiger partial charge in [0.1, 0.15) is 8.24 Å². The Labute approximate surface area is 171 Å². The second-order valence-electron chi connectivity index (χ2n) is 9.19. The SMILES string of the molecule is CCOC(=O)CCN(CCC[Si](C)(C)OCC)[Si](C(C)C)(C(C)C)C(C)C. The summed E-state index contributed by atoms with van der Waals surface area (Å²) in [5, 5.41) is 0. The van der Waals surface area contributed by atoms with E-state index in [1.807, 2.05) is 6.92 Å². The van der Waals surface area contributed by atoms with E-state index < -0.39 is 16.6 Å². The Morgan fingerprint density at radius 2 is 1.41 bits per heavy atom. The second kappa shape index (κ2) is 12.4. The molecule has 0 radical (unpaired) electrons. The topological polar surface area (TPSA) is 38.8 Å². The Kier molecular flexibility index (Phi) is 12.3. The Morgan fingerprint density at radius 1 is 0.889 bits per heavy atom. The van der Waals surface area contributed by atoms with Gasteiger partial charge in [-0.05, 0) is 62.6 Å². The van der Waals surface area contributed by atoms with E-state index in [1.165, 1.54) is 6.04 Å². The van der Waals surface area contributed by atoms with Gasteiger partial charge in [0, 0.05) is 13.2 Å². The lowest BCUT2D eigenvalue weighted by Gasteiger charge is -2.51. The normalized spacial score (nSPS) is 13.3. The maximum atomic E-state index is 12.1. The van der Waals surface area contributed by atoms with Crippen molar-refractivity contribution in [2.75, 3.05) is 26.3 Å². The summed E-state index contributed by atoms with van der Waals surface area (Å²) in [4.78, 5) is 12.1. The molecule has 162 valence electrons. The van der Waals surface area contributed by atoms with E-state index in [9.17, 15) is 4.79 Å². The van der Waals surface area contributed by atoms with Gasteiger partial charge in [-0.25, -0.2) is 0 Å².